The van der Waals surface area contributed by atoms with E-state index in [9.17, 15) is 22.7 Å². The second kappa shape index (κ2) is 3.82. The summed E-state index contributed by atoms with van der Waals surface area (Å²) in [6.45, 7) is 0. The van der Waals surface area contributed by atoms with Crippen LogP contribution in [0.3, 0.4) is 0 Å². The Bertz CT molecular complexity index is 270. The van der Waals surface area contributed by atoms with Gasteiger partial charge in [-0.2, -0.15) is 12.9 Å². The zero-order valence-corrected chi connectivity index (χ0v) is 7.15. The highest BCUT2D eigenvalue weighted by Crippen LogP contribution is 2.08. The van der Waals surface area contributed by atoms with Gasteiger partial charge in [0.25, 0.3) is 0 Å². The molecule has 0 rings (SSSR count). The SMILES string of the molecule is O=C(NS(=O)(=O)Cl)O[P+](=O)[O-]. The molecular weight excluding hydrogens is 221 g/mol. The maximum Gasteiger partial charge on any atom is 0.544 e. The molecule has 1 N–H and O–H groups in total. The maximum atomic E-state index is 10.1. The van der Waals surface area contributed by atoms with Gasteiger partial charge in [0, 0.05) is 10.7 Å². The fraction of sp³-hybridized carbons (Fsp3) is 0. The van der Waals surface area contributed by atoms with Crippen molar-refractivity contribution in [2.75, 3.05) is 0 Å². The Morgan fingerprint density at radius 2 is 2.09 bits per heavy atom. The summed E-state index contributed by atoms with van der Waals surface area (Å²) in [5.41, 5.74) is 0. The van der Waals surface area contributed by atoms with E-state index in [0.29, 0.717) is 0 Å². The van der Waals surface area contributed by atoms with Crippen molar-refractivity contribution in [1.82, 2.24) is 4.72 Å². The molecule has 0 spiro atoms. The Hall–Kier alpha value is -0.430. The molecule has 0 bridgehead atoms. The summed E-state index contributed by atoms with van der Waals surface area (Å²) in [6, 6.07) is 0. The molecule has 0 fully saturated rings. The first kappa shape index (κ1) is 10.6. The van der Waals surface area contributed by atoms with Crippen molar-refractivity contribution in [3.63, 3.8) is 0 Å². The number of rotatable bonds is 2. The van der Waals surface area contributed by atoms with Crippen molar-refractivity contribution in [2.24, 2.45) is 0 Å². The zero-order chi connectivity index (χ0) is 9.07. The summed E-state index contributed by atoms with van der Waals surface area (Å²) in [6.07, 6.45) is -1.67. The van der Waals surface area contributed by atoms with Gasteiger partial charge in [0.05, 0.1) is 0 Å². The van der Waals surface area contributed by atoms with Crippen molar-refractivity contribution in [3.8, 4) is 0 Å². The van der Waals surface area contributed by atoms with Gasteiger partial charge in [-0.1, -0.05) is 0 Å². The van der Waals surface area contributed by atoms with Crippen LogP contribution in [0.25, 0.3) is 0 Å². The van der Waals surface area contributed by atoms with Crippen LogP contribution in [0, 0.1) is 0 Å². The molecule has 1 amide bonds. The molecule has 10 heteroatoms. The normalized spacial score (nSPS) is 12.0. The van der Waals surface area contributed by atoms with Crippen LogP contribution in [0.5, 0.6) is 0 Å². The van der Waals surface area contributed by atoms with Gasteiger partial charge in [0.15, 0.2) is 0 Å². The van der Waals surface area contributed by atoms with Gasteiger partial charge in [-0.25, -0.2) is 9.52 Å². The minimum atomic E-state index is -4.29. The second-order valence-corrected chi connectivity index (χ2v) is 4.07. The third-order valence-corrected chi connectivity index (χ3v) is 1.32. The van der Waals surface area contributed by atoms with Crippen LogP contribution in [-0.2, 0) is 18.3 Å². The van der Waals surface area contributed by atoms with Gasteiger partial charge in [0.2, 0.25) is 0 Å². The standard InChI is InChI=1S/CHClNO6PS/c2-11(7,8)3-1(4)9-10(5)6/h(H,3,4). The average Bonchev–Trinajstić information content (AvgIpc) is 1.53. The molecule has 0 aromatic carbocycles. The molecule has 0 radical (unpaired) electrons. The van der Waals surface area contributed by atoms with E-state index >= 15 is 0 Å². The van der Waals surface area contributed by atoms with Crippen LogP contribution in [-0.4, -0.2) is 14.5 Å². The highest BCUT2D eigenvalue weighted by atomic mass is 35.7. The minimum absolute atomic E-state index is 1.04. The topological polar surface area (TPSA) is 113 Å². The van der Waals surface area contributed by atoms with E-state index in [1.54, 1.807) is 0 Å². The number of carbonyl (C=O) groups excluding carboxylic acids is 1. The molecule has 0 aliphatic heterocycles. The summed E-state index contributed by atoms with van der Waals surface area (Å²) >= 11 is 0. The molecule has 0 saturated heterocycles. The lowest BCUT2D eigenvalue weighted by Crippen LogP contribution is -2.26. The summed E-state index contributed by atoms with van der Waals surface area (Å²) in [5, 5.41) is 0. The molecule has 7 nitrogen and oxygen atoms in total. The molecule has 11 heavy (non-hydrogen) atoms. The van der Waals surface area contributed by atoms with E-state index in [-0.39, 0.29) is 0 Å². The van der Waals surface area contributed by atoms with Crippen LogP contribution in [0.4, 0.5) is 4.79 Å². The van der Waals surface area contributed by atoms with Crippen LogP contribution >= 0.6 is 18.9 Å². The van der Waals surface area contributed by atoms with Gasteiger partial charge in [0.1, 0.15) is 0 Å². The molecule has 0 aliphatic rings. The van der Waals surface area contributed by atoms with E-state index in [0.717, 1.165) is 4.72 Å². The van der Waals surface area contributed by atoms with E-state index < -0.39 is 23.6 Å². The Balaban J connectivity index is 4.01. The lowest BCUT2D eigenvalue weighted by atomic mass is 11.3. The Morgan fingerprint density at radius 1 is 1.64 bits per heavy atom. The Labute approximate surface area is 66.8 Å². The van der Waals surface area contributed by atoms with Gasteiger partial charge in [-0.3, -0.25) is 0 Å². The first-order valence-corrected chi connectivity index (χ1v) is 5.30. The fourth-order valence-electron chi connectivity index (χ4n) is 0.186. The lowest BCUT2D eigenvalue weighted by molar-refractivity contribution is -0.180. The zero-order valence-electron chi connectivity index (χ0n) is 4.68. The summed E-state index contributed by atoms with van der Waals surface area (Å²) < 4.78 is 34.0. The van der Waals surface area contributed by atoms with Crippen molar-refractivity contribution in [2.45, 2.75) is 0 Å². The highest BCUT2D eigenvalue weighted by molar-refractivity contribution is 8.12. The molecule has 0 saturated carbocycles. The molecule has 0 aliphatic carbocycles. The fourth-order valence-corrected chi connectivity index (χ4v) is 0.858. The van der Waals surface area contributed by atoms with Crippen molar-refractivity contribution in [3.05, 3.63) is 0 Å². The molecule has 1 unspecified atom stereocenters. The number of halogens is 1. The average molecular weight is 222 g/mol. The molecular formula is CHClNO6PS. The second-order valence-electron chi connectivity index (χ2n) is 1.14. The summed E-state index contributed by atoms with van der Waals surface area (Å²) in [7, 11) is -3.24. The maximum absolute atomic E-state index is 10.1. The van der Waals surface area contributed by atoms with Gasteiger partial charge >= 0.3 is 23.6 Å². The number of hydrogen-bond acceptors (Lipinski definition) is 6. The van der Waals surface area contributed by atoms with E-state index in [1.165, 1.54) is 0 Å². The first-order valence-electron chi connectivity index (χ1n) is 1.90. The predicted octanol–water partition coefficient (Wildman–Crippen LogP) is -0.786. The van der Waals surface area contributed by atoms with Crippen molar-refractivity contribution < 1.29 is 27.2 Å². The molecule has 0 aromatic heterocycles. The van der Waals surface area contributed by atoms with E-state index in [2.05, 4.69) is 15.2 Å². The highest BCUT2D eigenvalue weighted by Gasteiger charge is 2.17. The Morgan fingerprint density at radius 3 is 2.36 bits per heavy atom. The number of hydrogen-bond donors (Lipinski definition) is 1. The van der Waals surface area contributed by atoms with Gasteiger partial charge < -0.3 is 4.89 Å². The van der Waals surface area contributed by atoms with E-state index in [1.807, 2.05) is 0 Å². The van der Waals surface area contributed by atoms with Crippen molar-refractivity contribution >= 4 is 34.3 Å². The molecule has 0 heterocycles. The molecule has 1 atom stereocenters. The number of nitrogens with one attached hydrogen (secondary N) is 1. The van der Waals surface area contributed by atoms with E-state index in [4.69, 9.17) is 0 Å². The molecule has 0 aromatic rings. The summed E-state index contributed by atoms with van der Waals surface area (Å²) in [4.78, 5) is 19.7. The predicted molar refractivity (Wildman–Crippen MR) is 32.0 cm³/mol. The largest absolute Gasteiger partial charge is 0.558 e. The van der Waals surface area contributed by atoms with Crippen molar-refractivity contribution in [1.29, 1.82) is 0 Å². The first-order chi connectivity index (χ1) is 4.81. The number of carbonyl (C=O) groups is 1. The minimum Gasteiger partial charge on any atom is -0.558 e. The van der Waals surface area contributed by atoms with Gasteiger partial charge in [-0.05, 0) is 4.57 Å². The smallest absolute Gasteiger partial charge is 0.544 e. The van der Waals surface area contributed by atoms with Crippen LogP contribution in [0.15, 0.2) is 0 Å². The lowest BCUT2D eigenvalue weighted by Gasteiger charge is -1.92. The monoisotopic (exact) mass is 221 g/mol. The third kappa shape index (κ3) is 7.47. The van der Waals surface area contributed by atoms with Crippen LogP contribution < -0.4 is 9.62 Å². The third-order valence-electron chi connectivity index (χ3n) is 0.363. The van der Waals surface area contributed by atoms with Crippen LogP contribution in [0.2, 0.25) is 0 Å². The molecule has 64 valence electrons. The number of amides is 1. The quantitative estimate of drug-likeness (QED) is 0.483. The summed E-state index contributed by atoms with van der Waals surface area (Å²) in [5.74, 6) is 0. The van der Waals surface area contributed by atoms with Crippen LogP contribution in [0.1, 0.15) is 0 Å². The van der Waals surface area contributed by atoms with Gasteiger partial charge in [-0.15, -0.1) is 0 Å². The Kier molecular flexibility index (Phi) is 3.67.